The SMILES string of the molecule is CCCC=C1OC(=O)C2=C[C@H]3CC[C@@]12[C@@H](CCC)[C@]31OC(=O)C2=C1CCC=C2. The number of rotatable bonds is 4. The van der Waals surface area contributed by atoms with Crippen molar-refractivity contribution in [3.05, 3.63) is 46.8 Å². The van der Waals surface area contributed by atoms with Crippen LogP contribution in [0.15, 0.2) is 46.8 Å². The third kappa shape index (κ3) is 2.01. The molecule has 6 aliphatic rings. The van der Waals surface area contributed by atoms with E-state index in [0.717, 1.165) is 68.3 Å². The minimum Gasteiger partial charge on any atom is -0.450 e. The lowest BCUT2D eigenvalue weighted by Crippen LogP contribution is -2.60. The van der Waals surface area contributed by atoms with E-state index in [1.165, 1.54) is 5.57 Å². The van der Waals surface area contributed by atoms with E-state index in [2.05, 4.69) is 32.1 Å². The molecule has 0 amide bonds. The Morgan fingerprint density at radius 2 is 2.07 bits per heavy atom. The van der Waals surface area contributed by atoms with Crippen LogP contribution in [0.25, 0.3) is 0 Å². The van der Waals surface area contributed by atoms with Crippen molar-refractivity contribution in [3.63, 3.8) is 0 Å². The first-order chi connectivity index (χ1) is 13.6. The predicted octanol–water partition coefficient (Wildman–Crippen LogP) is 4.92. The molecule has 2 fully saturated rings. The third-order valence-corrected chi connectivity index (χ3v) is 7.54. The van der Waals surface area contributed by atoms with Crippen molar-refractivity contribution in [2.75, 3.05) is 0 Å². The summed E-state index contributed by atoms with van der Waals surface area (Å²) in [5.41, 5.74) is 1.73. The number of hydrogen-bond acceptors (Lipinski definition) is 4. The second kappa shape index (κ2) is 6.20. The molecule has 4 heteroatoms. The molecule has 2 heterocycles. The van der Waals surface area contributed by atoms with Crippen LogP contribution in [0.4, 0.5) is 0 Å². The molecule has 0 unspecified atom stereocenters. The zero-order valence-electron chi connectivity index (χ0n) is 16.8. The number of allylic oxidation sites excluding steroid dienone is 3. The Balaban J connectivity index is 1.74. The average Bonchev–Trinajstić information content (AvgIpc) is 3.16. The Bertz CT molecular complexity index is 873. The molecule has 4 aliphatic carbocycles. The summed E-state index contributed by atoms with van der Waals surface area (Å²) < 4.78 is 12.2. The van der Waals surface area contributed by atoms with Gasteiger partial charge in [0.2, 0.25) is 0 Å². The van der Waals surface area contributed by atoms with Gasteiger partial charge in [-0.1, -0.05) is 44.9 Å². The molecule has 0 N–H and O–H groups in total. The van der Waals surface area contributed by atoms with Gasteiger partial charge in [-0.3, -0.25) is 0 Å². The quantitative estimate of drug-likeness (QED) is 0.650. The van der Waals surface area contributed by atoms with E-state index in [1.54, 1.807) is 0 Å². The molecule has 0 aromatic rings. The normalized spacial score (nSPS) is 39.4. The number of cyclic esters (lactones) is 1. The molecule has 4 nitrogen and oxygen atoms in total. The van der Waals surface area contributed by atoms with Crippen molar-refractivity contribution < 1.29 is 19.1 Å². The molecular weight excluding hydrogens is 352 g/mol. The Hall–Kier alpha value is -2.10. The first kappa shape index (κ1) is 18.0. The highest BCUT2D eigenvalue weighted by Crippen LogP contribution is 2.70. The lowest BCUT2D eigenvalue weighted by Gasteiger charge is -2.58. The number of fused-ring (bicyclic) bond motifs is 1. The van der Waals surface area contributed by atoms with E-state index in [0.29, 0.717) is 0 Å². The van der Waals surface area contributed by atoms with Crippen LogP contribution in [-0.2, 0) is 19.1 Å². The van der Waals surface area contributed by atoms with E-state index < -0.39 is 11.0 Å². The lowest BCUT2D eigenvalue weighted by molar-refractivity contribution is -0.170. The summed E-state index contributed by atoms with van der Waals surface area (Å²) in [5.74, 6) is 0.585. The van der Waals surface area contributed by atoms with Gasteiger partial charge in [0.05, 0.1) is 11.0 Å². The Kier molecular flexibility index (Phi) is 3.98. The topological polar surface area (TPSA) is 52.6 Å². The summed E-state index contributed by atoms with van der Waals surface area (Å²) in [5, 5.41) is 0. The lowest BCUT2D eigenvalue weighted by atomic mass is 9.46. The van der Waals surface area contributed by atoms with Gasteiger partial charge in [0, 0.05) is 17.4 Å². The van der Waals surface area contributed by atoms with E-state index in [9.17, 15) is 9.59 Å². The number of hydrogen-bond donors (Lipinski definition) is 0. The van der Waals surface area contributed by atoms with Crippen LogP contribution in [0.1, 0.15) is 65.2 Å². The molecule has 1 saturated carbocycles. The maximum atomic E-state index is 12.9. The molecule has 2 bridgehead atoms. The van der Waals surface area contributed by atoms with E-state index in [-0.39, 0.29) is 23.8 Å². The van der Waals surface area contributed by atoms with Crippen molar-refractivity contribution in [3.8, 4) is 0 Å². The van der Waals surface area contributed by atoms with Crippen molar-refractivity contribution in [1.29, 1.82) is 0 Å². The van der Waals surface area contributed by atoms with Crippen molar-refractivity contribution in [2.24, 2.45) is 17.3 Å². The third-order valence-electron chi connectivity index (χ3n) is 7.54. The van der Waals surface area contributed by atoms with Crippen LogP contribution in [0.3, 0.4) is 0 Å². The standard InChI is InChI=1S/C24H28O4/c1-3-5-11-20-23-13-12-15(14-18(23)22(26)27-20)24(19(23)8-4-2)17-10-7-6-9-16(17)21(25)28-24/h6,9,11,14-15,19H,3-5,7-8,10,12-13H2,1-2H3/t15-,19-,23-,24+/m1/s1. The highest BCUT2D eigenvalue weighted by atomic mass is 16.6. The highest BCUT2D eigenvalue weighted by molar-refractivity contribution is 5.99. The average molecular weight is 380 g/mol. The van der Waals surface area contributed by atoms with Gasteiger partial charge in [0.25, 0.3) is 0 Å². The molecule has 4 atom stereocenters. The second-order valence-electron chi connectivity index (χ2n) is 8.80. The fourth-order valence-electron chi connectivity index (χ4n) is 6.56. The van der Waals surface area contributed by atoms with E-state index >= 15 is 0 Å². The molecule has 0 aromatic carbocycles. The minimum absolute atomic E-state index is 0.0706. The molecule has 1 saturated heterocycles. The van der Waals surface area contributed by atoms with Gasteiger partial charge >= 0.3 is 11.9 Å². The van der Waals surface area contributed by atoms with Gasteiger partial charge in [0.1, 0.15) is 11.4 Å². The summed E-state index contributed by atoms with van der Waals surface area (Å²) in [7, 11) is 0. The largest absolute Gasteiger partial charge is 0.450 e. The van der Waals surface area contributed by atoms with Gasteiger partial charge in [-0.15, -0.1) is 0 Å². The molecule has 2 aliphatic heterocycles. The summed E-state index contributed by atoms with van der Waals surface area (Å²) in [6.45, 7) is 4.31. The number of esters is 2. The van der Waals surface area contributed by atoms with Gasteiger partial charge in [-0.25, -0.2) is 9.59 Å². The Labute approximate surface area is 166 Å². The molecule has 28 heavy (non-hydrogen) atoms. The van der Waals surface area contributed by atoms with Crippen LogP contribution in [0, 0.1) is 17.3 Å². The zero-order valence-corrected chi connectivity index (χ0v) is 16.8. The summed E-state index contributed by atoms with van der Waals surface area (Å²) in [6.07, 6.45) is 15.7. The highest BCUT2D eigenvalue weighted by Gasteiger charge is 2.71. The molecule has 0 aromatic heterocycles. The molecule has 6 rings (SSSR count). The summed E-state index contributed by atoms with van der Waals surface area (Å²) in [6, 6.07) is 0. The van der Waals surface area contributed by atoms with Crippen LogP contribution in [0.2, 0.25) is 0 Å². The van der Waals surface area contributed by atoms with Crippen LogP contribution < -0.4 is 0 Å². The van der Waals surface area contributed by atoms with Crippen molar-refractivity contribution in [1.82, 2.24) is 0 Å². The first-order valence-electron chi connectivity index (χ1n) is 10.9. The van der Waals surface area contributed by atoms with Gasteiger partial charge < -0.3 is 9.47 Å². The number of carbonyl (C=O) groups is 2. The van der Waals surface area contributed by atoms with Gasteiger partial charge in [-0.2, -0.15) is 0 Å². The zero-order chi connectivity index (χ0) is 19.5. The monoisotopic (exact) mass is 380 g/mol. The van der Waals surface area contributed by atoms with Crippen molar-refractivity contribution >= 4 is 11.9 Å². The molecular formula is C24H28O4. The van der Waals surface area contributed by atoms with E-state index in [1.807, 2.05) is 6.08 Å². The minimum atomic E-state index is -0.603. The predicted molar refractivity (Wildman–Crippen MR) is 105 cm³/mol. The van der Waals surface area contributed by atoms with Crippen LogP contribution >= 0.6 is 0 Å². The fourth-order valence-corrected chi connectivity index (χ4v) is 6.56. The maximum absolute atomic E-state index is 12.9. The van der Waals surface area contributed by atoms with Gasteiger partial charge in [0.15, 0.2) is 0 Å². The van der Waals surface area contributed by atoms with Crippen molar-refractivity contribution in [2.45, 2.75) is 70.8 Å². The molecule has 148 valence electrons. The van der Waals surface area contributed by atoms with Gasteiger partial charge in [-0.05, 0) is 50.2 Å². The molecule has 2 spiro atoms. The smallest absolute Gasteiger partial charge is 0.339 e. The van der Waals surface area contributed by atoms with E-state index in [4.69, 9.17) is 9.47 Å². The van der Waals surface area contributed by atoms with Crippen LogP contribution in [0.5, 0.6) is 0 Å². The second-order valence-corrected chi connectivity index (χ2v) is 8.80. The number of carbonyl (C=O) groups excluding carboxylic acids is 2. The fraction of sp³-hybridized carbons (Fsp3) is 0.583. The number of unbranched alkanes of at least 4 members (excludes halogenated alkanes) is 1. The van der Waals surface area contributed by atoms with Crippen LogP contribution in [-0.4, -0.2) is 17.5 Å². The summed E-state index contributed by atoms with van der Waals surface area (Å²) >= 11 is 0. The Morgan fingerprint density at radius 1 is 1.21 bits per heavy atom. The summed E-state index contributed by atoms with van der Waals surface area (Å²) in [4.78, 5) is 25.7. The first-order valence-corrected chi connectivity index (χ1v) is 10.9. The maximum Gasteiger partial charge on any atom is 0.339 e. The molecule has 0 radical (unpaired) electrons. The Morgan fingerprint density at radius 3 is 2.86 bits per heavy atom. The number of ether oxygens (including phenoxy) is 2.